The highest BCUT2D eigenvalue weighted by Crippen LogP contribution is 2.34. The molecule has 2 saturated heterocycles. The minimum absolute atomic E-state index is 0.669. The third-order valence-electron chi connectivity index (χ3n) is 4.03. The summed E-state index contributed by atoms with van der Waals surface area (Å²) in [5.41, 5.74) is 0. The minimum atomic E-state index is -2.37. The molecule has 0 unspecified atom stereocenters. The number of hydrogen-bond donors (Lipinski definition) is 8. The lowest BCUT2D eigenvalue weighted by molar-refractivity contribution is -0.342. The van der Waals surface area contributed by atoms with Crippen LogP contribution in [0.1, 0.15) is 0 Å². The van der Waals surface area contributed by atoms with E-state index in [0.717, 1.165) is 0 Å². The van der Waals surface area contributed by atoms with Gasteiger partial charge < -0.3 is 55.1 Å². The first-order valence-corrected chi connectivity index (χ1v) is 7.05. The van der Waals surface area contributed by atoms with Gasteiger partial charge in [0.25, 0.3) is 0 Å². The zero-order chi connectivity index (χ0) is 17.4. The summed E-state index contributed by atoms with van der Waals surface area (Å²) in [4.78, 5) is 0. The predicted molar refractivity (Wildman–Crippen MR) is 68.6 cm³/mol. The van der Waals surface area contributed by atoms with Gasteiger partial charge in [-0.05, 0) is 0 Å². The highest BCUT2D eigenvalue weighted by molar-refractivity contribution is 4.98. The monoisotopic (exact) mass is 342 g/mol. The lowest BCUT2D eigenvalue weighted by Gasteiger charge is -2.41. The molecular formula is C12H22O11. The quantitative estimate of drug-likeness (QED) is 0.238. The second kappa shape index (κ2) is 7.21. The summed E-state index contributed by atoms with van der Waals surface area (Å²) in [5, 5.41) is 76.7. The number of ether oxygens (including phenoxy) is 3. The molecule has 11 nitrogen and oxygen atoms in total. The van der Waals surface area contributed by atoms with Crippen molar-refractivity contribution in [3.8, 4) is 0 Å². The van der Waals surface area contributed by atoms with E-state index in [9.17, 15) is 30.6 Å². The number of aliphatic hydroxyl groups is 8. The van der Waals surface area contributed by atoms with E-state index in [1.165, 1.54) is 0 Å². The Morgan fingerprint density at radius 3 is 1.96 bits per heavy atom. The van der Waals surface area contributed by atoms with Crippen molar-refractivity contribution < 1.29 is 55.1 Å². The molecule has 0 spiro atoms. The van der Waals surface area contributed by atoms with Crippen LogP contribution < -0.4 is 0 Å². The molecule has 0 saturated carbocycles. The van der Waals surface area contributed by atoms with E-state index < -0.39 is 74.6 Å². The van der Waals surface area contributed by atoms with E-state index in [4.69, 9.17) is 24.4 Å². The van der Waals surface area contributed by atoms with Crippen LogP contribution in [0, 0.1) is 0 Å². The molecule has 0 bridgehead atoms. The highest BCUT2D eigenvalue weighted by atomic mass is 16.7. The van der Waals surface area contributed by atoms with Gasteiger partial charge in [-0.15, -0.1) is 0 Å². The predicted octanol–water partition coefficient (Wildman–Crippen LogP) is -5.40. The van der Waals surface area contributed by atoms with E-state index in [1.807, 2.05) is 0 Å². The second-order valence-corrected chi connectivity index (χ2v) is 5.59. The first-order valence-electron chi connectivity index (χ1n) is 7.05. The smallest absolute Gasteiger partial charge is 0.219 e. The van der Waals surface area contributed by atoms with Crippen molar-refractivity contribution in [2.45, 2.75) is 54.8 Å². The van der Waals surface area contributed by atoms with Gasteiger partial charge in [0.15, 0.2) is 6.29 Å². The first kappa shape index (κ1) is 18.9. The van der Waals surface area contributed by atoms with E-state index >= 15 is 0 Å². The van der Waals surface area contributed by atoms with Crippen LogP contribution in [0.2, 0.25) is 0 Å². The highest BCUT2D eigenvalue weighted by Gasteiger charge is 2.57. The summed E-state index contributed by atoms with van der Waals surface area (Å²) < 4.78 is 15.2. The van der Waals surface area contributed by atoms with Crippen molar-refractivity contribution in [1.29, 1.82) is 0 Å². The maximum Gasteiger partial charge on any atom is 0.219 e. The van der Waals surface area contributed by atoms with E-state index in [2.05, 4.69) is 0 Å². The SMILES string of the molecule is OC[C@H]1O[C@@H](O[C@H]2[C@H](O)[C@@H](CO)O[C@]2(O)CO)[C@H](O)[C@@H](O)[C@H]1O. The van der Waals surface area contributed by atoms with Gasteiger partial charge >= 0.3 is 0 Å². The molecule has 11 heteroatoms. The summed E-state index contributed by atoms with van der Waals surface area (Å²) >= 11 is 0. The van der Waals surface area contributed by atoms with E-state index in [1.54, 1.807) is 0 Å². The molecule has 2 aliphatic heterocycles. The fourth-order valence-electron chi connectivity index (χ4n) is 2.64. The van der Waals surface area contributed by atoms with Crippen molar-refractivity contribution in [2.24, 2.45) is 0 Å². The van der Waals surface area contributed by atoms with Crippen LogP contribution in [0.3, 0.4) is 0 Å². The van der Waals surface area contributed by atoms with Crippen molar-refractivity contribution >= 4 is 0 Å². The molecule has 0 aromatic heterocycles. The zero-order valence-electron chi connectivity index (χ0n) is 12.0. The molecule has 23 heavy (non-hydrogen) atoms. The van der Waals surface area contributed by atoms with Crippen molar-refractivity contribution in [1.82, 2.24) is 0 Å². The van der Waals surface area contributed by atoms with E-state index in [-0.39, 0.29) is 0 Å². The average molecular weight is 342 g/mol. The first-order chi connectivity index (χ1) is 10.8. The zero-order valence-corrected chi connectivity index (χ0v) is 12.0. The van der Waals surface area contributed by atoms with E-state index in [0.29, 0.717) is 0 Å². The molecule has 2 heterocycles. The summed E-state index contributed by atoms with van der Waals surface area (Å²) in [6, 6.07) is 0. The Morgan fingerprint density at radius 1 is 0.826 bits per heavy atom. The van der Waals surface area contributed by atoms with Crippen LogP contribution in [0.4, 0.5) is 0 Å². The van der Waals surface area contributed by atoms with Gasteiger partial charge in [0.1, 0.15) is 42.7 Å². The molecule has 2 rings (SSSR count). The normalized spacial score (nSPS) is 51.1. The third-order valence-corrected chi connectivity index (χ3v) is 4.03. The Bertz CT molecular complexity index is 393. The topological polar surface area (TPSA) is 190 Å². The molecule has 0 aromatic rings. The summed E-state index contributed by atoms with van der Waals surface area (Å²) in [6.45, 7) is -2.33. The molecule has 8 N–H and O–H groups in total. The lowest BCUT2D eigenvalue weighted by atomic mass is 9.99. The van der Waals surface area contributed by atoms with Gasteiger partial charge in [-0.2, -0.15) is 0 Å². The minimum Gasteiger partial charge on any atom is -0.394 e. The largest absolute Gasteiger partial charge is 0.394 e. The number of rotatable bonds is 5. The second-order valence-electron chi connectivity index (χ2n) is 5.59. The van der Waals surface area contributed by atoms with Gasteiger partial charge in [0.05, 0.1) is 19.8 Å². The van der Waals surface area contributed by atoms with Gasteiger partial charge in [0, 0.05) is 0 Å². The van der Waals surface area contributed by atoms with Crippen LogP contribution in [-0.2, 0) is 14.2 Å². The molecular weight excluding hydrogens is 320 g/mol. The summed E-state index contributed by atoms with van der Waals surface area (Å²) in [6.07, 6.45) is -12.4. The maximum absolute atomic E-state index is 10.1. The summed E-state index contributed by atoms with van der Waals surface area (Å²) in [5.74, 6) is -2.37. The fraction of sp³-hybridized carbons (Fsp3) is 1.00. The standard InChI is InChI=1S/C12H22O11/c13-1-4-6(16)8(18)9(19)11(21-4)22-10-7(17)5(2-14)23-12(10,20)3-15/h4-11,13-20H,1-3H2/t4-,5-,6+,7-,8+,9-,10+,11+,12-/m1/s1. The Labute approximate surface area is 130 Å². The number of aliphatic hydroxyl groups excluding tert-OH is 7. The van der Waals surface area contributed by atoms with Crippen LogP contribution in [0.25, 0.3) is 0 Å². The van der Waals surface area contributed by atoms with Gasteiger partial charge in [-0.25, -0.2) is 0 Å². The molecule has 2 fully saturated rings. The van der Waals surface area contributed by atoms with Crippen molar-refractivity contribution in [2.75, 3.05) is 19.8 Å². The lowest BCUT2D eigenvalue weighted by Crippen LogP contribution is -2.61. The Morgan fingerprint density at radius 2 is 1.43 bits per heavy atom. The molecule has 136 valence electrons. The summed E-state index contributed by atoms with van der Waals surface area (Å²) in [7, 11) is 0. The average Bonchev–Trinajstić information content (AvgIpc) is 2.79. The Hall–Kier alpha value is -0.440. The Balaban J connectivity index is 2.15. The molecule has 0 aliphatic carbocycles. The van der Waals surface area contributed by atoms with Crippen molar-refractivity contribution in [3.63, 3.8) is 0 Å². The molecule has 0 radical (unpaired) electrons. The third kappa shape index (κ3) is 3.36. The number of hydrogen-bond acceptors (Lipinski definition) is 11. The fourth-order valence-corrected chi connectivity index (χ4v) is 2.64. The van der Waals surface area contributed by atoms with Crippen LogP contribution in [-0.4, -0.2) is 115 Å². The molecule has 9 atom stereocenters. The van der Waals surface area contributed by atoms with Crippen molar-refractivity contribution in [3.05, 3.63) is 0 Å². The maximum atomic E-state index is 10.1. The molecule has 2 aliphatic rings. The molecule has 0 aromatic carbocycles. The Kier molecular flexibility index (Phi) is 5.92. The van der Waals surface area contributed by atoms with Crippen LogP contribution in [0.15, 0.2) is 0 Å². The van der Waals surface area contributed by atoms with Gasteiger partial charge in [-0.1, -0.05) is 0 Å². The van der Waals surface area contributed by atoms with Gasteiger partial charge in [0.2, 0.25) is 5.79 Å². The molecule has 0 amide bonds. The van der Waals surface area contributed by atoms with Gasteiger partial charge in [-0.3, -0.25) is 0 Å². The van der Waals surface area contributed by atoms with Crippen LogP contribution in [0.5, 0.6) is 0 Å². The van der Waals surface area contributed by atoms with Crippen LogP contribution >= 0.6 is 0 Å².